The van der Waals surface area contributed by atoms with Crippen molar-refractivity contribution in [1.82, 2.24) is 10.0 Å². The summed E-state index contributed by atoms with van der Waals surface area (Å²) in [4.78, 5) is 11.1. The van der Waals surface area contributed by atoms with Crippen LogP contribution >= 0.6 is 0 Å². The van der Waals surface area contributed by atoms with Crippen LogP contribution in [0.2, 0.25) is 0 Å². The molecule has 7 heteroatoms. The van der Waals surface area contributed by atoms with E-state index in [0.29, 0.717) is 13.0 Å². The van der Waals surface area contributed by atoms with Gasteiger partial charge in [0, 0.05) is 19.5 Å². The van der Waals surface area contributed by atoms with Gasteiger partial charge in [-0.25, -0.2) is 13.1 Å². The molecule has 0 heterocycles. The number of ether oxygens (including phenoxy) is 1. The molecule has 1 unspecified atom stereocenters. The third-order valence-electron chi connectivity index (χ3n) is 4.00. The number of methoxy groups -OCH3 is 1. The zero-order valence-corrected chi connectivity index (χ0v) is 16.0. The molecule has 1 atom stereocenters. The minimum absolute atomic E-state index is 0.131. The summed E-state index contributed by atoms with van der Waals surface area (Å²) < 4.78 is 33.2. The van der Waals surface area contributed by atoms with E-state index in [-0.39, 0.29) is 16.8 Å². The van der Waals surface area contributed by atoms with Crippen LogP contribution in [-0.2, 0) is 21.4 Å². The maximum absolute atomic E-state index is 12.7. The van der Waals surface area contributed by atoms with Gasteiger partial charge in [0.25, 0.3) is 0 Å². The Morgan fingerprint density at radius 1 is 1.08 bits per heavy atom. The van der Waals surface area contributed by atoms with Crippen LogP contribution < -0.4 is 14.8 Å². The van der Waals surface area contributed by atoms with Crippen molar-refractivity contribution in [2.45, 2.75) is 37.8 Å². The van der Waals surface area contributed by atoms with E-state index in [9.17, 15) is 13.2 Å². The van der Waals surface area contributed by atoms with Crippen LogP contribution in [0, 0.1) is 0 Å². The second-order valence-corrected chi connectivity index (χ2v) is 7.62. The molecule has 0 spiro atoms. The van der Waals surface area contributed by atoms with Gasteiger partial charge in [-0.15, -0.1) is 0 Å². The van der Waals surface area contributed by atoms with E-state index in [0.717, 1.165) is 16.9 Å². The molecule has 0 radical (unpaired) electrons. The van der Waals surface area contributed by atoms with Crippen LogP contribution in [0.15, 0.2) is 53.4 Å². The minimum atomic E-state index is -3.65. The molecule has 0 aliphatic carbocycles. The quantitative estimate of drug-likeness (QED) is 0.742. The van der Waals surface area contributed by atoms with E-state index >= 15 is 0 Å². The van der Waals surface area contributed by atoms with E-state index in [4.69, 9.17) is 4.74 Å². The Hall–Kier alpha value is -2.38. The van der Waals surface area contributed by atoms with E-state index in [2.05, 4.69) is 10.0 Å². The van der Waals surface area contributed by atoms with Gasteiger partial charge in [0.15, 0.2) is 0 Å². The van der Waals surface area contributed by atoms with Gasteiger partial charge in [0.2, 0.25) is 15.9 Å². The van der Waals surface area contributed by atoms with E-state index in [1.54, 1.807) is 31.4 Å². The second kappa shape index (κ2) is 8.82. The lowest BCUT2D eigenvalue weighted by Gasteiger charge is -2.18. The second-order valence-electron chi connectivity index (χ2n) is 5.91. The highest BCUT2D eigenvalue weighted by Crippen LogP contribution is 2.22. The van der Waals surface area contributed by atoms with Gasteiger partial charge in [0.05, 0.1) is 12.0 Å². The van der Waals surface area contributed by atoms with Crippen molar-refractivity contribution >= 4 is 15.9 Å². The number of hydrogen-bond donors (Lipinski definition) is 2. The van der Waals surface area contributed by atoms with Crippen molar-refractivity contribution < 1.29 is 17.9 Å². The predicted octanol–water partition coefficient (Wildman–Crippen LogP) is 2.76. The van der Waals surface area contributed by atoms with Gasteiger partial charge in [-0.3, -0.25) is 4.79 Å². The predicted molar refractivity (Wildman–Crippen MR) is 100 cm³/mol. The van der Waals surface area contributed by atoms with Gasteiger partial charge in [-0.2, -0.15) is 0 Å². The minimum Gasteiger partial charge on any atom is -0.497 e. The van der Waals surface area contributed by atoms with E-state index in [1.807, 2.05) is 31.2 Å². The van der Waals surface area contributed by atoms with Gasteiger partial charge in [0.1, 0.15) is 5.75 Å². The summed E-state index contributed by atoms with van der Waals surface area (Å²) in [7, 11) is -2.06. The summed E-state index contributed by atoms with van der Waals surface area (Å²) in [5.41, 5.74) is 1.71. The highest BCUT2D eigenvalue weighted by Gasteiger charge is 2.20. The lowest BCUT2D eigenvalue weighted by Crippen LogP contribution is -2.28. The van der Waals surface area contributed by atoms with Crippen molar-refractivity contribution in [3.05, 3.63) is 59.7 Å². The van der Waals surface area contributed by atoms with Crippen LogP contribution in [0.1, 0.15) is 37.4 Å². The maximum atomic E-state index is 12.7. The Bertz CT molecular complexity index is 831. The molecular weight excluding hydrogens is 352 g/mol. The SMILES string of the molecule is CCC(NS(=O)(=O)c1ccc(CNC(C)=O)cc1)c1ccc(OC)cc1. The van der Waals surface area contributed by atoms with Crippen molar-refractivity contribution in [1.29, 1.82) is 0 Å². The molecule has 2 aromatic carbocycles. The van der Waals surface area contributed by atoms with Gasteiger partial charge < -0.3 is 10.1 Å². The van der Waals surface area contributed by atoms with Gasteiger partial charge >= 0.3 is 0 Å². The summed E-state index contributed by atoms with van der Waals surface area (Å²) in [5, 5.41) is 2.68. The average molecular weight is 376 g/mol. The molecular formula is C19H24N2O4S. The Morgan fingerprint density at radius 3 is 2.19 bits per heavy atom. The number of nitrogens with one attached hydrogen (secondary N) is 2. The lowest BCUT2D eigenvalue weighted by atomic mass is 10.1. The third kappa shape index (κ3) is 5.31. The first-order valence-electron chi connectivity index (χ1n) is 8.35. The smallest absolute Gasteiger partial charge is 0.241 e. The van der Waals surface area contributed by atoms with Crippen molar-refractivity contribution in [2.24, 2.45) is 0 Å². The number of amides is 1. The van der Waals surface area contributed by atoms with Crippen LogP contribution in [0.5, 0.6) is 5.75 Å². The summed E-state index contributed by atoms with van der Waals surface area (Å²) in [6.45, 7) is 3.73. The fraction of sp³-hybridized carbons (Fsp3) is 0.316. The van der Waals surface area contributed by atoms with Crippen LogP contribution in [0.4, 0.5) is 0 Å². The molecule has 0 aliphatic rings. The fourth-order valence-electron chi connectivity index (χ4n) is 2.49. The first-order chi connectivity index (χ1) is 12.4. The fourth-order valence-corrected chi connectivity index (χ4v) is 3.80. The zero-order valence-electron chi connectivity index (χ0n) is 15.2. The van der Waals surface area contributed by atoms with Crippen molar-refractivity contribution in [3.63, 3.8) is 0 Å². The number of benzene rings is 2. The van der Waals surface area contributed by atoms with E-state index in [1.165, 1.54) is 6.92 Å². The van der Waals surface area contributed by atoms with Crippen LogP contribution in [0.25, 0.3) is 0 Å². The molecule has 0 saturated heterocycles. The highest BCUT2D eigenvalue weighted by atomic mass is 32.2. The molecule has 0 aromatic heterocycles. The zero-order chi connectivity index (χ0) is 19.2. The molecule has 2 N–H and O–H groups in total. The number of sulfonamides is 1. The molecule has 0 saturated carbocycles. The van der Waals surface area contributed by atoms with Gasteiger partial charge in [-0.05, 0) is 41.8 Å². The van der Waals surface area contributed by atoms with Crippen LogP contribution in [0.3, 0.4) is 0 Å². The van der Waals surface area contributed by atoms with Crippen molar-refractivity contribution in [3.8, 4) is 5.75 Å². The Kier molecular flexibility index (Phi) is 6.76. The van der Waals surface area contributed by atoms with E-state index < -0.39 is 10.0 Å². The number of rotatable bonds is 8. The Balaban J connectivity index is 2.13. The normalized spacial score (nSPS) is 12.4. The molecule has 2 aromatic rings. The maximum Gasteiger partial charge on any atom is 0.241 e. The molecule has 26 heavy (non-hydrogen) atoms. The first kappa shape index (κ1) is 19.9. The molecule has 0 fully saturated rings. The van der Waals surface area contributed by atoms with Crippen LogP contribution in [-0.4, -0.2) is 21.4 Å². The third-order valence-corrected chi connectivity index (χ3v) is 5.49. The Labute approximate surface area is 154 Å². The topological polar surface area (TPSA) is 84.5 Å². The highest BCUT2D eigenvalue weighted by molar-refractivity contribution is 7.89. The summed E-state index contributed by atoms with van der Waals surface area (Å²) in [5.74, 6) is 0.592. The standard InChI is InChI=1S/C19H24N2O4S/c1-4-19(16-7-9-17(25-3)10-8-16)21-26(23,24)18-11-5-15(6-12-18)13-20-14(2)22/h5-12,19,21H,4,13H2,1-3H3,(H,20,22). The summed E-state index contributed by atoms with van der Waals surface area (Å²) in [6.07, 6.45) is 0.617. The summed E-state index contributed by atoms with van der Waals surface area (Å²) in [6, 6.07) is 13.5. The lowest BCUT2D eigenvalue weighted by molar-refractivity contribution is -0.119. The number of carbonyl (C=O) groups excluding carboxylic acids is 1. The first-order valence-corrected chi connectivity index (χ1v) is 9.83. The molecule has 0 bridgehead atoms. The average Bonchev–Trinajstić information content (AvgIpc) is 2.65. The van der Waals surface area contributed by atoms with Crippen molar-refractivity contribution in [2.75, 3.05) is 7.11 Å². The molecule has 0 aliphatic heterocycles. The summed E-state index contributed by atoms with van der Waals surface area (Å²) >= 11 is 0. The number of carbonyl (C=O) groups is 1. The monoisotopic (exact) mass is 376 g/mol. The molecule has 140 valence electrons. The largest absolute Gasteiger partial charge is 0.497 e. The Morgan fingerprint density at radius 2 is 1.69 bits per heavy atom. The molecule has 6 nitrogen and oxygen atoms in total. The molecule has 1 amide bonds. The van der Waals surface area contributed by atoms with Gasteiger partial charge in [-0.1, -0.05) is 31.2 Å². The molecule has 2 rings (SSSR count). The number of hydrogen-bond acceptors (Lipinski definition) is 4.